The number of hydrogen-bond acceptors (Lipinski definition) is 3. The van der Waals surface area contributed by atoms with Gasteiger partial charge in [0, 0.05) is 46.5 Å². The summed E-state index contributed by atoms with van der Waals surface area (Å²) in [5.41, 5.74) is 2.49. The molecule has 1 atom stereocenters. The first-order valence-electron chi connectivity index (χ1n) is 7.87. The second-order valence-electron chi connectivity index (χ2n) is 6.16. The van der Waals surface area contributed by atoms with E-state index in [0.717, 1.165) is 19.6 Å². The zero-order valence-corrected chi connectivity index (χ0v) is 13.6. The Balaban J connectivity index is 1.68. The Morgan fingerprint density at radius 2 is 2.09 bits per heavy atom. The lowest BCUT2D eigenvalue weighted by atomic mass is 10.1. The van der Waals surface area contributed by atoms with Gasteiger partial charge in [0.2, 0.25) is 0 Å². The van der Waals surface area contributed by atoms with Crippen LogP contribution < -0.4 is 5.32 Å². The van der Waals surface area contributed by atoms with Crippen molar-refractivity contribution in [3.8, 4) is 0 Å². The number of fused-ring (bicyclic) bond motifs is 1. The Bertz CT molecular complexity index is 652. The van der Waals surface area contributed by atoms with Crippen LogP contribution in [0.1, 0.15) is 17.3 Å². The smallest absolute Gasteiger partial charge is 0.316 e. The molecule has 2 aromatic rings. The molecule has 1 N–H and O–H groups in total. The average molecular weight is 313 g/mol. The van der Waals surface area contributed by atoms with Crippen molar-refractivity contribution in [2.75, 3.05) is 27.2 Å². The van der Waals surface area contributed by atoms with Crippen LogP contribution in [0.5, 0.6) is 0 Å². The molecule has 1 aliphatic heterocycles. The van der Waals surface area contributed by atoms with E-state index < -0.39 is 0 Å². The molecule has 0 radical (unpaired) electrons. The van der Waals surface area contributed by atoms with E-state index in [1.807, 2.05) is 16.9 Å². The van der Waals surface area contributed by atoms with E-state index in [1.54, 1.807) is 19.0 Å². The van der Waals surface area contributed by atoms with Crippen LogP contribution in [-0.2, 0) is 13.1 Å². The van der Waals surface area contributed by atoms with E-state index in [9.17, 15) is 4.79 Å². The summed E-state index contributed by atoms with van der Waals surface area (Å²) in [6, 6.07) is 12.6. The van der Waals surface area contributed by atoms with Gasteiger partial charge in [-0.2, -0.15) is 5.10 Å². The lowest BCUT2D eigenvalue weighted by Gasteiger charge is -2.34. The average Bonchev–Trinajstić information content (AvgIpc) is 3.01. The van der Waals surface area contributed by atoms with Crippen LogP contribution in [0.4, 0.5) is 4.79 Å². The molecule has 1 aliphatic rings. The van der Waals surface area contributed by atoms with E-state index in [2.05, 4.69) is 45.6 Å². The molecular weight excluding hydrogens is 290 g/mol. The molecule has 0 bridgehead atoms. The molecule has 0 spiro atoms. The van der Waals surface area contributed by atoms with Crippen molar-refractivity contribution in [2.45, 2.75) is 19.1 Å². The van der Waals surface area contributed by atoms with Crippen LogP contribution in [0.15, 0.2) is 42.6 Å². The fourth-order valence-corrected chi connectivity index (χ4v) is 2.94. The Hall–Kier alpha value is -2.34. The minimum absolute atomic E-state index is 0.0705. The number of urea groups is 1. The third-order valence-electron chi connectivity index (χ3n) is 4.10. The zero-order chi connectivity index (χ0) is 16.2. The monoisotopic (exact) mass is 313 g/mol. The fourth-order valence-electron chi connectivity index (χ4n) is 2.94. The molecule has 1 aromatic heterocycles. The number of amides is 2. The Kier molecular flexibility index (Phi) is 4.62. The van der Waals surface area contributed by atoms with Gasteiger partial charge in [0.1, 0.15) is 0 Å². The van der Waals surface area contributed by atoms with Gasteiger partial charge >= 0.3 is 6.03 Å². The highest BCUT2D eigenvalue weighted by atomic mass is 16.2. The molecule has 3 rings (SSSR count). The summed E-state index contributed by atoms with van der Waals surface area (Å²) in [6.07, 6.45) is 1.84. The van der Waals surface area contributed by atoms with Crippen molar-refractivity contribution in [3.63, 3.8) is 0 Å². The minimum Gasteiger partial charge on any atom is -0.336 e. The normalized spacial score (nSPS) is 17.6. The molecule has 6 heteroatoms. The Morgan fingerprint density at radius 3 is 2.83 bits per heavy atom. The number of nitrogens with zero attached hydrogens (tertiary/aromatic N) is 4. The molecule has 0 fully saturated rings. The highest BCUT2D eigenvalue weighted by Gasteiger charge is 2.26. The molecule has 122 valence electrons. The predicted octanol–water partition coefficient (Wildman–Crippen LogP) is 1.71. The third kappa shape index (κ3) is 3.71. The van der Waals surface area contributed by atoms with Gasteiger partial charge in [-0.25, -0.2) is 4.79 Å². The number of carbonyl (C=O) groups is 1. The third-order valence-corrected chi connectivity index (χ3v) is 4.10. The number of aromatic nitrogens is 2. The van der Waals surface area contributed by atoms with E-state index in [1.165, 1.54) is 11.3 Å². The van der Waals surface area contributed by atoms with Gasteiger partial charge in [0.15, 0.2) is 0 Å². The minimum atomic E-state index is -0.0705. The number of benzene rings is 1. The van der Waals surface area contributed by atoms with E-state index in [4.69, 9.17) is 0 Å². The molecule has 0 unspecified atom stereocenters. The van der Waals surface area contributed by atoms with Gasteiger partial charge in [-0.1, -0.05) is 30.3 Å². The standard InChI is InChI=1S/C17H23N5O/c1-20(2)17(23)18-10-16-13-21(11-14-6-4-3-5-7-14)12-15-8-9-19-22(15)16/h3-9,16H,10-13H2,1-2H3,(H,18,23)/t16-/m0/s1. The zero-order valence-electron chi connectivity index (χ0n) is 13.6. The van der Waals surface area contributed by atoms with Crippen LogP contribution in [-0.4, -0.2) is 52.8 Å². The van der Waals surface area contributed by atoms with Crippen molar-refractivity contribution >= 4 is 6.03 Å². The molecule has 0 aliphatic carbocycles. The fraction of sp³-hybridized carbons (Fsp3) is 0.412. The number of hydrogen-bond donors (Lipinski definition) is 1. The van der Waals surface area contributed by atoms with Gasteiger partial charge in [-0.15, -0.1) is 0 Å². The first-order valence-corrected chi connectivity index (χ1v) is 7.87. The predicted molar refractivity (Wildman–Crippen MR) is 88.9 cm³/mol. The Labute approximate surface area is 136 Å². The van der Waals surface area contributed by atoms with Gasteiger partial charge in [-0.3, -0.25) is 9.58 Å². The van der Waals surface area contributed by atoms with E-state index >= 15 is 0 Å². The largest absolute Gasteiger partial charge is 0.336 e. The summed E-state index contributed by atoms with van der Waals surface area (Å²) in [5, 5.41) is 7.39. The van der Waals surface area contributed by atoms with Gasteiger partial charge < -0.3 is 10.2 Å². The van der Waals surface area contributed by atoms with E-state index in [-0.39, 0.29) is 12.1 Å². The van der Waals surface area contributed by atoms with Crippen LogP contribution in [0.25, 0.3) is 0 Å². The summed E-state index contributed by atoms with van der Waals surface area (Å²) < 4.78 is 2.04. The first-order chi connectivity index (χ1) is 11.1. The number of nitrogens with one attached hydrogen (secondary N) is 1. The van der Waals surface area contributed by atoms with Crippen LogP contribution in [0.3, 0.4) is 0 Å². The second-order valence-corrected chi connectivity index (χ2v) is 6.16. The first kappa shape index (κ1) is 15.6. The molecule has 23 heavy (non-hydrogen) atoms. The molecule has 1 aromatic carbocycles. The number of rotatable bonds is 4. The molecule has 0 saturated carbocycles. The van der Waals surface area contributed by atoms with Crippen LogP contribution in [0.2, 0.25) is 0 Å². The second kappa shape index (κ2) is 6.83. The van der Waals surface area contributed by atoms with Crippen LogP contribution >= 0.6 is 0 Å². The maximum Gasteiger partial charge on any atom is 0.316 e. The molecule has 2 heterocycles. The van der Waals surface area contributed by atoms with Gasteiger partial charge in [0.05, 0.1) is 11.7 Å². The highest BCUT2D eigenvalue weighted by molar-refractivity contribution is 5.73. The summed E-state index contributed by atoms with van der Waals surface area (Å²) >= 11 is 0. The quantitative estimate of drug-likeness (QED) is 0.935. The van der Waals surface area contributed by atoms with Crippen molar-refractivity contribution in [1.82, 2.24) is 24.9 Å². The Morgan fingerprint density at radius 1 is 1.30 bits per heavy atom. The molecule has 0 saturated heterocycles. The maximum absolute atomic E-state index is 11.8. The van der Waals surface area contributed by atoms with Crippen molar-refractivity contribution in [3.05, 3.63) is 53.9 Å². The molecular formula is C17H23N5O. The summed E-state index contributed by atoms with van der Waals surface area (Å²) in [7, 11) is 3.49. The topological polar surface area (TPSA) is 53.4 Å². The van der Waals surface area contributed by atoms with Crippen LogP contribution in [0, 0.1) is 0 Å². The lowest BCUT2D eigenvalue weighted by molar-refractivity contribution is 0.162. The lowest BCUT2D eigenvalue weighted by Crippen LogP contribution is -2.44. The highest BCUT2D eigenvalue weighted by Crippen LogP contribution is 2.21. The van der Waals surface area contributed by atoms with Gasteiger partial charge in [-0.05, 0) is 11.6 Å². The number of carbonyl (C=O) groups excluding carboxylic acids is 1. The van der Waals surface area contributed by atoms with Gasteiger partial charge in [0.25, 0.3) is 0 Å². The molecule has 6 nitrogen and oxygen atoms in total. The molecule has 2 amide bonds. The van der Waals surface area contributed by atoms with Crippen molar-refractivity contribution in [1.29, 1.82) is 0 Å². The van der Waals surface area contributed by atoms with E-state index in [0.29, 0.717) is 6.54 Å². The van der Waals surface area contributed by atoms with Crippen molar-refractivity contribution < 1.29 is 4.79 Å². The van der Waals surface area contributed by atoms with Crippen molar-refractivity contribution in [2.24, 2.45) is 0 Å². The summed E-state index contributed by atoms with van der Waals surface area (Å²) in [6.45, 7) is 3.24. The summed E-state index contributed by atoms with van der Waals surface area (Å²) in [4.78, 5) is 15.7. The summed E-state index contributed by atoms with van der Waals surface area (Å²) in [5.74, 6) is 0. The SMILES string of the molecule is CN(C)C(=O)NC[C@H]1CN(Cc2ccccc2)Cc2ccnn21. The maximum atomic E-state index is 11.8.